The van der Waals surface area contributed by atoms with Gasteiger partial charge in [0.15, 0.2) is 4.73 Å². The number of nitrogens with zero attached hydrogens (tertiary/aromatic N) is 2. The van der Waals surface area contributed by atoms with Gasteiger partial charge in [0.25, 0.3) is 0 Å². The summed E-state index contributed by atoms with van der Waals surface area (Å²) in [5.74, 6) is 0.381. The molecule has 1 aromatic rings. The van der Waals surface area contributed by atoms with Crippen LogP contribution in [0.15, 0.2) is 10.8 Å². The maximum absolute atomic E-state index is 5.71. The second-order valence-electron chi connectivity index (χ2n) is 2.54. The molecule has 1 rings (SSSR count). The van der Waals surface area contributed by atoms with Gasteiger partial charge >= 0.3 is 0 Å². The molecule has 0 atom stereocenters. The van der Waals surface area contributed by atoms with E-state index in [0.717, 1.165) is 5.69 Å². The zero-order chi connectivity index (χ0) is 8.43. The molecular formula is C7H8BrClN2. The first-order valence-electron chi connectivity index (χ1n) is 3.29. The first-order chi connectivity index (χ1) is 5.09. The summed E-state index contributed by atoms with van der Waals surface area (Å²) in [7, 11) is 0. The molecule has 0 aliphatic heterocycles. The van der Waals surface area contributed by atoms with E-state index in [0.29, 0.717) is 15.8 Å². The molecule has 4 heteroatoms. The van der Waals surface area contributed by atoms with Gasteiger partial charge in [-0.05, 0) is 27.9 Å². The van der Waals surface area contributed by atoms with Crippen molar-refractivity contribution in [1.29, 1.82) is 0 Å². The highest BCUT2D eigenvalue weighted by Gasteiger charge is 2.03. The number of rotatable bonds is 1. The van der Waals surface area contributed by atoms with Crippen LogP contribution in [0, 0.1) is 0 Å². The summed E-state index contributed by atoms with van der Waals surface area (Å²) in [6.45, 7) is 4.12. The van der Waals surface area contributed by atoms with Gasteiger partial charge in [-0.2, -0.15) is 0 Å². The fraction of sp³-hybridized carbons (Fsp3) is 0.429. The van der Waals surface area contributed by atoms with Crippen molar-refractivity contribution in [3.8, 4) is 0 Å². The first-order valence-corrected chi connectivity index (χ1v) is 4.46. The van der Waals surface area contributed by atoms with Crippen LogP contribution in [0.2, 0.25) is 5.15 Å². The summed E-state index contributed by atoms with van der Waals surface area (Å²) in [5.41, 5.74) is 0.955. The van der Waals surface area contributed by atoms with Crippen LogP contribution in [-0.4, -0.2) is 9.97 Å². The zero-order valence-electron chi connectivity index (χ0n) is 6.31. The molecule has 2 nitrogen and oxygen atoms in total. The third-order valence-corrected chi connectivity index (χ3v) is 1.83. The lowest BCUT2D eigenvalue weighted by Crippen LogP contribution is -1.94. The molecule has 1 aromatic heterocycles. The van der Waals surface area contributed by atoms with Crippen molar-refractivity contribution in [1.82, 2.24) is 9.97 Å². The van der Waals surface area contributed by atoms with Crippen LogP contribution in [0.3, 0.4) is 0 Å². The summed E-state index contributed by atoms with van der Waals surface area (Å²) < 4.78 is 0.550. The number of hydrogen-bond acceptors (Lipinski definition) is 2. The van der Waals surface area contributed by atoms with Gasteiger partial charge in [-0.3, -0.25) is 0 Å². The standard InChI is InChI=1S/C7H8BrClN2/c1-4(2)5-3-6(9)11-7(8)10-5/h3-4H,1-2H3. The SMILES string of the molecule is CC(C)c1cc(Cl)nc(Br)n1. The van der Waals surface area contributed by atoms with E-state index in [1.165, 1.54) is 0 Å². The molecule has 0 amide bonds. The topological polar surface area (TPSA) is 25.8 Å². The first kappa shape index (κ1) is 8.94. The average molecular weight is 236 g/mol. The zero-order valence-corrected chi connectivity index (χ0v) is 8.65. The van der Waals surface area contributed by atoms with E-state index in [-0.39, 0.29) is 0 Å². The van der Waals surface area contributed by atoms with E-state index in [2.05, 4.69) is 39.7 Å². The Hall–Kier alpha value is -0.150. The summed E-state index contributed by atoms with van der Waals surface area (Å²) >= 11 is 8.89. The Morgan fingerprint density at radius 1 is 1.45 bits per heavy atom. The lowest BCUT2D eigenvalue weighted by atomic mass is 10.1. The molecule has 0 bridgehead atoms. The maximum atomic E-state index is 5.71. The van der Waals surface area contributed by atoms with Crippen molar-refractivity contribution in [2.24, 2.45) is 0 Å². The Bertz CT molecular complexity index is 242. The third-order valence-electron chi connectivity index (χ3n) is 1.28. The second kappa shape index (κ2) is 3.50. The van der Waals surface area contributed by atoms with E-state index >= 15 is 0 Å². The molecule has 0 unspecified atom stereocenters. The summed E-state index contributed by atoms with van der Waals surface area (Å²) in [6, 6.07) is 1.77. The number of aromatic nitrogens is 2. The normalized spacial score (nSPS) is 10.6. The molecule has 0 spiro atoms. The number of hydrogen-bond donors (Lipinski definition) is 0. The maximum Gasteiger partial charge on any atom is 0.198 e. The number of halogens is 2. The summed E-state index contributed by atoms with van der Waals surface area (Å²) in [5, 5.41) is 0.482. The van der Waals surface area contributed by atoms with E-state index in [1.54, 1.807) is 6.07 Å². The van der Waals surface area contributed by atoms with Gasteiger partial charge in [-0.1, -0.05) is 25.4 Å². The molecule has 1 heterocycles. The van der Waals surface area contributed by atoms with Gasteiger partial charge in [-0.15, -0.1) is 0 Å². The van der Waals surface area contributed by atoms with Crippen molar-refractivity contribution in [3.63, 3.8) is 0 Å². The predicted molar refractivity (Wildman–Crippen MR) is 48.8 cm³/mol. The Morgan fingerprint density at radius 3 is 2.55 bits per heavy atom. The third kappa shape index (κ3) is 2.42. The van der Waals surface area contributed by atoms with Crippen molar-refractivity contribution in [2.45, 2.75) is 19.8 Å². The quantitative estimate of drug-likeness (QED) is 0.552. The fourth-order valence-corrected chi connectivity index (χ4v) is 1.39. The minimum Gasteiger partial charge on any atom is -0.227 e. The minimum atomic E-state index is 0.381. The fourth-order valence-electron chi connectivity index (χ4n) is 0.702. The molecule has 11 heavy (non-hydrogen) atoms. The van der Waals surface area contributed by atoms with E-state index in [9.17, 15) is 0 Å². The van der Waals surface area contributed by atoms with E-state index in [4.69, 9.17) is 11.6 Å². The monoisotopic (exact) mass is 234 g/mol. The van der Waals surface area contributed by atoms with Crippen LogP contribution in [0.5, 0.6) is 0 Å². The highest BCUT2D eigenvalue weighted by molar-refractivity contribution is 9.10. The minimum absolute atomic E-state index is 0.381. The van der Waals surface area contributed by atoms with E-state index < -0.39 is 0 Å². The van der Waals surface area contributed by atoms with Crippen molar-refractivity contribution in [2.75, 3.05) is 0 Å². The second-order valence-corrected chi connectivity index (χ2v) is 3.64. The molecule has 0 aliphatic rings. The molecule has 0 saturated carbocycles. The van der Waals surface area contributed by atoms with Crippen molar-refractivity contribution >= 4 is 27.5 Å². The van der Waals surface area contributed by atoms with Crippen LogP contribution < -0.4 is 0 Å². The van der Waals surface area contributed by atoms with Gasteiger partial charge in [0, 0.05) is 5.69 Å². The van der Waals surface area contributed by atoms with Gasteiger partial charge in [-0.25, -0.2) is 9.97 Å². The molecular weight excluding hydrogens is 227 g/mol. The highest BCUT2D eigenvalue weighted by Crippen LogP contribution is 2.17. The van der Waals surface area contributed by atoms with E-state index in [1.807, 2.05) is 0 Å². The molecule has 0 fully saturated rings. The van der Waals surface area contributed by atoms with Crippen LogP contribution >= 0.6 is 27.5 Å². The lowest BCUT2D eigenvalue weighted by molar-refractivity contribution is 0.807. The van der Waals surface area contributed by atoms with Crippen LogP contribution in [-0.2, 0) is 0 Å². The Morgan fingerprint density at radius 2 is 2.09 bits per heavy atom. The highest BCUT2D eigenvalue weighted by atomic mass is 79.9. The van der Waals surface area contributed by atoms with Crippen LogP contribution in [0.25, 0.3) is 0 Å². The van der Waals surface area contributed by atoms with Crippen molar-refractivity contribution < 1.29 is 0 Å². The van der Waals surface area contributed by atoms with Gasteiger partial charge in [0.05, 0.1) is 0 Å². The summed E-state index contributed by atoms with van der Waals surface area (Å²) in [6.07, 6.45) is 0. The smallest absolute Gasteiger partial charge is 0.198 e. The largest absolute Gasteiger partial charge is 0.227 e. The van der Waals surface area contributed by atoms with Crippen LogP contribution in [0.4, 0.5) is 0 Å². The molecule has 0 radical (unpaired) electrons. The van der Waals surface area contributed by atoms with Gasteiger partial charge in [0.1, 0.15) is 5.15 Å². The van der Waals surface area contributed by atoms with Crippen LogP contribution in [0.1, 0.15) is 25.5 Å². The molecule has 0 saturated heterocycles. The Kier molecular flexibility index (Phi) is 2.84. The Labute approximate surface area is 79.1 Å². The molecule has 0 aromatic carbocycles. The van der Waals surface area contributed by atoms with Gasteiger partial charge < -0.3 is 0 Å². The molecule has 0 aliphatic carbocycles. The van der Waals surface area contributed by atoms with Crippen molar-refractivity contribution in [3.05, 3.63) is 21.6 Å². The molecule has 60 valence electrons. The van der Waals surface area contributed by atoms with Gasteiger partial charge in [0.2, 0.25) is 0 Å². The summed E-state index contributed by atoms with van der Waals surface area (Å²) in [4.78, 5) is 8.04. The average Bonchev–Trinajstić information content (AvgIpc) is 1.85. The Balaban J connectivity index is 3.08. The molecule has 0 N–H and O–H groups in total. The lowest BCUT2D eigenvalue weighted by Gasteiger charge is -2.03. The predicted octanol–water partition coefficient (Wildman–Crippen LogP) is 3.02.